The SMILES string of the molecule is CNC(c1ccccc1I)c1cnnn1C. The van der Waals surface area contributed by atoms with Crippen molar-refractivity contribution in [2.45, 2.75) is 6.04 Å². The third-order valence-electron chi connectivity index (χ3n) is 2.55. The number of hydrogen-bond donors (Lipinski definition) is 1. The van der Waals surface area contributed by atoms with Crippen molar-refractivity contribution in [2.75, 3.05) is 7.05 Å². The average Bonchev–Trinajstić information content (AvgIpc) is 2.69. The van der Waals surface area contributed by atoms with Crippen LogP contribution in [0, 0.1) is 3.57 Å². The lowest BCUT2D eigenvalue weighted by Crippen LogP contribution is -2.21. The minimum atomic E-state index is 0.132. The molecule has 0 bridgehead atoms. The van der Waals surface area contributed by atoms with Crippen LogP contribution in [0.15, 0.2) is 30.5 Å². The second kappa shape index (κ2) is 4.92. The lowest BCUT2D eigenvalue weighted by molar-refractivity contribution is 0.596. The zero-order valence-electron chi connectivity index (χ0n) is 9.18. The summed E-state index contributed by atoms with van der Waals surface area (Å²) in [6.45, 7) is 0. The van der Waals surface area contributed by atoms with E-state index in [9.17, 15) is 0 Å². The van der Waals surface area contributed by atoms with Gasteiger partial charge in [0.05, 0.1) is 17.9 Å². The van der Waals surface area contributed by atoms with Gasteiger partial charge in [0.25, 0.3) is 0 Å². The van der Waals surface area contributed by atoms with Gasteiger partial charge in [-0.2, -0.15) is 0 Å². The minimum Gasteiger partial charge on any atom is -0.308 e. The number of aryl methyl sites for hydroxylation is 1. The molecular formula is C11H13IN4. The largest absolute Gasteiger partial charge is 0.308 e. The molecule has 0 amide bonds. The molecule has 84 valence electrons. The quantitative estimate of drug-likeness (QED) is 0.873. The number of hydrogen-bond acceptors (Lipinski definition) is 3. The van der Waals surface area contributed by atoms with E-state index in [0.717, 1.165) is 5.69 Å². The molecule has 0 aliphatic rings. The molecule has 0 saturated carbocycles. The van der Waals surface area contributed by atoms with Crippen molar-refractivity contribution < 1.29 is 0 Å². The Morgan fingerprint density at radius 2 is 2.12 bits per heavy atom. The summed E-state index contributed by atoms with van der Waals surface area (Å²) in [6, 6.07) is 8.44. The first-order valence-electron chi connectivity index (χ1n) is 5.00. The summed E-state index contributed by atoms with van der Waals surface area (Å²) in [5.41, 5.74) is 2.31. The van der Waals surface area contributed by atoms with Crippen LogP contribution in [0.25, 0.3) is 0 Å². The van der Waals surface area contributed by atoms with Crippen molar-refractivity contribution in [1.82, 2.24) is 20.3 Å². The van der Waals surface area contributed by atoms with Crippen LogP contribution in [0.3, 0.4) is 0 Å². The maximum atomic E-state index is 3.96. The molecule has 1 aromatic heterocycles. The lowest BCUT2D eigenvalue weighted by Gasteiger charge is -2.17. The zero-order chi connectivity index (χ0) is 11.5. The molecule has 0 radical (unpaired) electrons. The predicted molar refractivity (Wildman–Crippen MR) is 71.1 cm³/mol. The molecule has 0 fully saturated rings. The van der Waals surface area contributed by atoms with Crippen LogP contribution in [0.2, 0.25) is 0 Å². The van der Waals surface area contributed by atoms with E-state index < -0.39 is 0 Å². The summed E-state index contributed by atoms with van der Waals surface area (Å²) >= 11 is 2.35. The van der Waals surface area contributed by atoms with Gasteiger partial charge in [-0.25, -0.2) is 0 Å². The maximum absolute atomic E-state index is 3.96. The summed E-state index contributed by atoms with van der Waals surface area (Å²) in [5, 5.41) is 11.2. The molecule has 1 heterocycles. The van der Waals surface area contributed by atoms with Crippen LogP contribution < -0.4 is 5.32 Å². The molecule has 0 saturated heterocycles. The highest BCUT2D eigenvalue weighted by Gasteiger charge is 2.17. The number of rotatable bonds is 3. The van der Waals surface area contributed by atoms with Gasteiger partial charge < -0.3 is 5.32 Å². The van der Waals surface area contributed by atoms with Gasteiger partial charge in [0.2, 0.25) is 0 Å². The predicted octanol–water partition coefficient (Wildman–Crippen LogP) is 1.73. The van der Waals surface area contributed by atoms with Gasteiger partial charge in [-0.15, -0.1) is 5.10 Å². The van der Waals surface area contributed by atoms with Crippen LogP contribution in [0.4, 0.5) is 0 Å². The first-order valence-corrected chi connectivity index (χ1v) is 6.08. The van der Waals surface area contributed by atoms with Crippen molar-refractivity contribution in [3.63, 3.8) is 0 Å². The normalized spacial score (nSPS) is 12.7. The fraction of sp³-hybridized carbons (Fsp3) is 0.273. The summed E-state index contributed by atoms with van der Waals surface area (Å²) in [6.07, 6.45) is 1.80. The van der Waals surface area contributed by atoms with E-state index in [2.05, 4.69) is 50.4 Å². The van der Waals surface area contributed by atoms with Crippen molar-refractivity contribution in [2.24, 2.45) is 7.05 Å². The summed E-state index contributed by atoms with van der Waals surface area (Å²) in [5.74, 6) is 0. The van der Waals surface area contributed by atoms with Crippen molar-refractivity contribution in [1.29, 1.82) is 0 Å². The van der Waals surface area contributed by atoms with Gasteiger partial charge in [0, 0.05) is 10.6 Å². The highest BCUT2D eigenvalue weighted by molar-refractivity contribution is 14.1. The van der Waals surface area contributed by atoms with Crippen molar-refractivity contribution in [3.05, 3.63) is 45.3 Å². The van der Waals surface area contributed by atoms with Crippen LogP contribution in [-0.4, -0.2) is 22.0 Å². The number of halogens is 1. The Kier molecular flexibility index (Phi) is 3.55. The first kappa shape index (κ1) is 11.5. The Bertz CT molecular complexity index is 480. The van der Waals surface area contributed by atoms with E-state index in [0.29, 0.717) is 0 Å². The standard InChI is InChI=1S/C11H13IN4/c1-13-11(10-7-14-15-16(10)2)8-5-3-4-6-9(8)12/h3-7,11,13H,1-2H3. The molecule has 1 aromatic carbocycles. The maximum Gasteiger partial charge on any atom is 0.0798 e. The minimum absolute atomic E-state index is 0.132. The van der Waals surface area contributed by atoms with Gasteiger partial charge in [0.15, 0.2) is 0 Å². The number of benzene rings is 1. The third kappa shape index (κ3) is 2.10. The third-order valence-corrected chi connectivity index (χ3v) is 3.53. The Balaban J connectivity index is 2.45. The van der Waals surface area contributed by atoms with E-state index in [1.54, 1.807) is 10.9 Å². The molecule has 4 nitrogen and oxygen atoms in total. The molecule has 2 aromatic rings. The Labute approximate surface area is 108 Å². The van der Waals surface area contributed by atoms with Crippen LogP contribution >= 0.6 is 22.6 Å². The van der Waals surface area contributed by atoms with Crippen molar-refractivity contribution >= 4 is 22.6 Å². The molecular weight excluding hydrogens is 315 g/mol. The fourth-order valence-electron chi connectivity index (χ4n) is 1.73. The fourth-order valence-corrected chi connectivity index (χ4v) is 2.43. The molecule has 5 heteroatoms. The van der Waals surface area contributed by atoms with E-state index in [1.807, 2.05) is 26.2 Å². The molecule has 1 unspecified atom stereocenters. The van der Waals surface area contributed by atoms with E-state index in [-0.39, 0.29) is 6.04 Å². The second-order valence-electron chi connectivity index (χ2n) is 3.53. The molecule has 1 atom stereocenters. The lowest BCUT2D eigenvalue weighted by atomic mass is 10.0. The average molecular weight is 328 g/mol. The molecule has 2 rings (SSSR count). The zero-order valence-corrected chi connectivity index (χ0v) is 11.3. The summed E-state index contributed by atoms with van der Waals surface area (Å²) in [4.78, 5) is 0. The van der Waals surface area contributed by atoms with Gasteiger partial charge >= 0.3 is 0 Å². The first-order chi connectivity index (χ1) is 7.74. The van der Waals surface area contributed by atoms with E-state index in [1.165, 1.54) is 9.13 Å². The highest BCUT2D eigenvalue weighted by atomic mass is 127. The molecule has 0 aliphatic carbocycles. The molecule has 0 aliphatic heterocycles. The van der Waals surface area contributed by atoms with E-state index in [4.69, 9.17) is 0 Å². The summed E-state index contributed by atoms with van der Waals surface area (Å²) < 4.78 is 3.03. The number of aromatic nitrogens is 3. The van der Waals surface area contributed by atoms with Gasteiger partial charge in [0.1, 0.15) is 0 Å². The van der Waals surface area contributed by atoms with E-state index >= 15 is 0 Å². The van der Waals surface area contributed by atoms with Crippen molar-refractivity contribution in [3.8, 4) is 0 Å². The van der Waals surface area contributed by atoms with Crippen LogP contribution in [-0.2, 0) is 7.05 Å². The summed E-state index contributed by atoms with van der Waals surface area (Å²) in [7, 11) is 3.85. The Morgan fingerprint density at radius 1 is 1.38 bits per heavy atom. The van der Waals surface area contributed by atoms with Crippen LogP contribution in [0.5, 0.6) is 0 Å². The van der Waals surface area contributed by atoms with Crippen LogP contribution in [0.1, 0.15) is 17.3 Å². The Morgan fingerprint density at radius 3 is 2.69 bits per heavy atom. The molecule has 0 spiro atoms. The van der Waals surface area contributed by atoms with Gasteiger partial charge in [-0.3, -0.25) is 4.68 Å². The molecule has 1 N–H and O–H groups in total. The monoisotopic (exact) mass is 328 g/mol. The smallest absolute Gasteiger partial charge is 0.0798 e. The van der Waals surface area contributed by atoms with Gasteiger partial charge in [-0.1, -0.05) is 23.4 Å². The van der Waals surface area contributed by atoms with Gasteiger partial charge in [-0.05, 0) is 41.3 Å². The second-order valence-corrected chi connectivity index (χ2v) is 4.69. The number of nitrogens with zero attached hydrogens (tertiary/aromatic N) is 3. The highest BCUT2D eigenvalue weighted by Crippen LogP contribution is 2.24. The Hall–Kier alpha value is -0.950. The molecule has 16 heavy (non-hydrogen) atoms. The topological polar surface area (TPSA) is 42.7 Å². The number of nitrogens with one attached hydrogen (secondary N) is 1.